The molecule has 0 bridgehead atoms. The molecule has 0 saturated heterocycles. The summed E-state index contributed by atoms with van der Waals surface area (Å²) < 4.78 is 10.4. The van der Waals surface area contributed by atoms with E-state index in [9.17, 15) is 4.79 Å². The Labute approximate surface area is 195 Å². The van der Waals surface area contributed by atoms with Crippen LogP contribution in [0.25, 0.3) is 11.3 Å². The molecule has 31 heavy (non-hydrogen) atoms. The number of hydrogen-bond donors (Lipinski definition) is 1. The van der Waals surface area contributed by atoms with E-state index < -0.39 is 11.7 Å². The zero-order valence-electron chi connectivity index (χ0n) is 17.7. The second kappa shape index (κ2) is 9.18. The Bertz CT molecular complexity index is 1210. The summed E-state index contributed by atoms with van der Waals surface area (Å²) in [4.78, 5) is 30.2. The molecule has 0 aliphatic rings. The fourth-order valence-electron chi connectivity index (χ4n) is 2.60. The van der Waals surface area contributed by atoms with Gasteiger partial charge in [-0.2, -0.15) is 0 Å². The molecule has 0 unspecified atom stereocenters. The van der Waals surface area contributed by atoms with Gasteiger partial charge in [0.05, 0.1) is 0 Å². The van der Waals surface area contributed by atoms with E-state index in [1.165, 1.54) is 4.90 Å². The van der Waals surface area contributed by atoms with Crippen LogP contribution in [-0.4, -0.2) is 54.5 Å². The smallest absolute Gasteiger partial charge is 0.415 e. The molecule has 10 nitrogen and oxygen atoms in total. The number of nitrogens with zero attached hydrogens (tertiary/aromatic N) is 7. The molecule has 1 amide bonds. The van der Waals surface area contributed by atoms with Gasteiger partial charge >= 0.3 is 6.09 Å². The molecule has 0 radical (unpaired) electrons. The number of anilines is 2. The van der Waals surface area contributed by atoms with Gasteiger partial charge in [0, 0.05) is 51.3 Å². The highest BCUT2D eigenvalue weighted by molar-refractivity contribution is 9.10. The summed E-state index contributed by atoms with van der Waals surface area (Å²) in [6.07, 6.45) is 10.2. The largest absolute Gasteiger partial charge is 0.443 e. The molecule has 4 rings (SSSR count). The Kier molecular flexibility index (Phi) is 6.80. The Balaban J connectivity index is 0.000000194. The molecule has 0 fully saturated rings. The first-order valence-corrected chi connectivity index (χ1v) is 10.8. The lowest BCUT2D eigenvalue weighted by Gasteiger charge is -2.24. The molecule has 0 atom stereocenters. The van der Waals surface area contributed by atoms with Crippen LogP contribution in [0.5, 0.6) is 0 Å². The third kappa shape index (κ3) is 5.50. The zero-order chi connectivity index (χ0) is 22.8. The standard InChI is InChI=1S/C12H15BrN4O2.C7H7BrN4/c1-12(2,3)19-11(18)16(4)10-9-14-5-6-17(9)7-8(13)15-10;1-9-6-7-10-2-3-12(7)4-5(8)11-6/h5-7H,1-4H3;2-4H,1H3,(H,9,11). The molecule has 4 aromatic heterocycles. The van der Waals surface area contributed by atoms with Gasteiger partial charge in [0.25, 0.3) is 0 Å². The lowest BCUT2D eigenvalue weighted by atomic mass is 10.2. The molecule has 4 heterocycles. The fourth-order valence-corrected chi connectivity index (χ4v) is 3.38. The highest BCUT2D eigenvalue weighted by Crippen LogP contribution is 2.22. The highest BCUT2D eigenvalue weighted by atomic mass is 79.9. The summed E-state index contributed by atoms with van der Waals surface area (Å²) in [6, 6.07) is 0. The lowest BCUT2D eigenvalue weighted by Crippen LogP contribution is -2.35. The normalized spacial score (nSPS) is 11.2. The van der Waals surface area contributed by atoms with Crippen LogP contribution in [-0.2, 0) is 4.74 Å². The number of carbonyl (C=O) groups excluding carboxylic acids is 1. The van der Waals surface area contributed by atoms with Crippen molar-refractivity contribution < 1.29 is 9.53 Å². The van der Waals surface area contributed by atoms with Crippen molar-refractivity contribution in [3.05, 3.63) is 46.4 Å². The van der Waals surface area contributed by atoms with E-state index in [1.807, 2.05) is 44.6 Å². The maximum atomic E-state index is 12.0. The van der Waals surface area contributed by atoms with Gasteiger partial charge in [0.15, 0.2) is 22.9 Å². The summed E-state index contributed by atoms with van der Waals surface area (Å²) in [6.45, 7) is 5.45. The minimum absolute atomic E-state index is 0.439. The van der Waals surface area contributed by atoms with Crippen LogP contribution >= 0.6 is 31.9 Å². The number of aromatic nitrogens is 6. The van der Waals surface area contributed by atoms with Crippen molar-refractivity contribution in [3.8, 4) is 0 Å². The zero-order valence-corrected chi connectivity index (χ0v) is 20.8. The maximum absolute atomic E-state index is 12.0. The van der Waals surface area contributed by atoms with Crippen LogP contribution in [0.1, 0.15) is 20.8 Å². The molecule has 12 heteroatoms. The predicted molar refractivity (Wildman–Crippen MR) is 126 cm³/mol. The van der Waals surface area contributed by atoms with Gasteiger partial charge in [-0.3, -0.25) is 4.90 Å². The topological polar surface area (TPSA) is 102 Å². The number of carbonyl (C=O) groups is 1. The van der Waals surface area contributed by atoms with E-state index in [0.717, 1.165) is 16.1 Å². The average molecular weight is 554 g/mol. The predicted octanol–water partition coefficient (Wildman–Crippen LogP) is 4.40. The van der Waals surface area contributed by atoms with E-state index >= 15 is 0 Å². The van der Waals surface area contributed by atoms with Crippen molar-refractivity contribution >= 4 is 60.9 Å². The Hall–Kier alpha value is -2.73. The minimum atomic E-state index is -0.553. The van der Waals surface area contributed by atoms with Crippen LogP contribution in [0.3, 0.4) is 0 Å². The van der Waals surface area contributed by atoms with Gasteiger partial charge in [-0.05, 0) is 52.6 Å². The van der Waals surface area contributed by atoms with E-state index in [0.29, 0.717) is 16.1 Å². The van der Waals surface area contributed by atoms with Crippen molar-refractivity contribution in [2.45, 2.75) is 26.4 Å². The summed E-state index contributed by atoms with van der Waals surface area (Å²) in [5.41, 5.74) is 0.876. The third-order valence-corrected chi connectivity index (χ3v) is 4.66. The summed E-state index contributed by atoms with van der Waals surface area (Å²) >= 11 is 6.62. The van der Waals surface area contributed by atoms with E-state index in [1.54, 1.807) is 36.2 Å². The van der Waals surface area contributed by atoms with E-state index in [2.05, 4.69) is 57.1 Å². The van der Waals surface area contributed by atoms with Crippen molar-refractivity contribution in [1.82, 2.24) is 28.7 Å². The molecule has 0 saturated carbocycles. The van der Waals surface area contributed by atoms with Gasteiger partial charge in [-0.1, -0.05) is 0 Å². The maximum Gasteiger partial charge on any atom is 0.415 e. The quantitative estimate of drug-likeness (QED) is 0.392. The molecule has 0 aliphatic carbocycles. The first kappa shape index (κ1) is 22.9. The molecular formula is C19H22Br2N8O2. The Morgan fingerprint density at radius 1 is 1.03 bits per heavy atom. The van der Waals surface area contributed by atoms with E-state index in [4.69, 9.17) is 4.74 Å². The van der Waals surface area contributed by atoms with Gasteiger partial charge in [-0.15, -0.1) is 0 Å². The Morgan fingerprint density at radius 3 is 2.16 bits per heavy atom. The number of hydrogen-bond acceptors (Lipinski definition) is 7. The number of fused-ring (bicyclic) bond motifs is 2. The number of amides is 1. The van der Waals surface area contributed by atoms with Crippen LogP contribution in [0, 0.1) is 0 Å². The highest BCUT2D eigenvalue weighted by Gasteiger charge is 2.23. The van der Waals surface area contributed by atoms with Crippen LogP contribution in [0.15, 0.2) is 46.4 Å². The number of imidazole rings is 2. The van der Waals surface area contributed by atoms with Crippen LogP contribution in [0.2, 0.25) is 0 Å². The second-order valence-electron chi connectivity index (χ2n) is 7.41. The molecule has 164 valence electrons. The molecule has 0 aliphatic heterocycles. The summed E-state index contributed by atoms with van der Waals surface area (Å²) in [5, 5.41) is 2.97. The molecular weight excluding hydrogens is 532 g/mol. The first-order chi connectivity index (χ1) is 14.6. The Morgan fingerprint density at radius 2 is 1.58 bits per heavy atom. The van der Waals surface area contributed by atoms with Gasteiger partial charge < -0.3 is 18.9 Å². The minimum Gasteiger partial charge on any atom is -0.443 e. The van der Waals surface area contributed by atoms with Crippen molar-refractivity contribution in [3.63, 3.8) is 0 Å². The van der Waals surface area contributed by atoms with Crippen LogP contribution < -0.4 is 10.2 Å². The van der Waals surface area contributed by atoms with Gasteiger partial charge in [0.1, 0.15) is 14.8 Å². The molecule has 1 N–H and O–H groups in total. The number of halogens is 2. The van der Waals surface area contributed by atoms with Gasteiger partial charge in [0.2, 0.25) is 0 Å². The van der Waals surface area contributed by atoms with Gasteiger partial charge in [-0.25, -0.2) is 24.7 Å². The van der Waals surface area contributed by atoms with Crippen molar-refractivity contribution in [2.75, 3.05) is 24.3 Å². The van der Waals surface area contributed by atoms with Crippen molar-refractivity contribution in [2.24, 2.45) is 0 Å². The third-order valence-electron chi connectivity index (χ3n) is 3.89. The first-order valence-electron chi connectivity index (χ1n) is 9.22. The van der Waals surface area contributed by atoms with Crippen molar-refractivity contribution in [1.29, 1.82) is 0 Å². The molecule has 0 aromatic carbocycles. The monoisotopic (exact) mass is 552 g/mol. The number of rotatable bonds is 2. The number of ether oxygens (including phenoxy) is 1. The summed E-state index contributed by atoms with van der Waals surface area (Å²) in [5.74, 6) is 1.21. The lowest BCUT2D eigenvalue weighted by molar-refractivity contribution is 0.0588. The summed E-state index contributed by atoms with van der Waals surface area (Å²) in [7, 11) is 3.43. The molecule has 0 spiro atoms. The van der Waals surface area contributed by atoms with Crippen LogP contribution in [0.4, 0.5) is 16.4 Å². The average Bonchev–Trinajstić information content (AvgIpc) is 3.34. The molecule has 4 aromatic rings. The fraction of sp³-hybridized carbons (Fsp3) is 0.316. The van der Waals surface area contributed by atoms with E-state index in [-0.39, 0.29) is 0 Å². The second-order valence-corrected chi connectivity index (χ2v) is 9.03. The number of nitrogens with one attached hydrogen (secondary N) is 1. The SMILES string of the molecule is CN(C(=O)OC(C)(C)C)c1nc(Br)cn2ccnc12.CNc1nc(Br)cn2ccnc12.